The van der Waals surface area contributed by atoms with E-state index in [9.17, 15) is 19.2 Å². The Morgan fingerprint density at radius 3 is 2.68 bits per heavy atom. The zero-order chi connectivity index (χ0) is 14.0. The first-order chi connectivity index (χ1) is 8.99. The van der Waals surface area contributed by atoms with Crippen LogP contribution in [-0.4, -0.2) is 64.9 Å². The monoisotopic (exact) mass is 269 g/mol. The lowest BCUT2D eigenvalue weighted by atomic mass is 9.98. The van der Waals surface area contributed by atoms with Crippen LogP contribution in [0.5, 0.6) is 0 Å². The van der Waals surface area contributed by atoms with Crippen LogP contribution in [-0.2, 0) is 14.4 Å². The number of nitrogens with zero attached hydrogens (tertiary/aromatic N) is 2. The van der Waals surface area contributed by atoms with Gasteiger partial charge in [0.2, 0.25) is 5.91 Å². The van der Waals surface area contributed by atoms with Gasteiger partial charge >= 0.3 is 12.0 Å². The molecule has 0 aromatic rings. The molecule has 0 aromatic carbocycles. The highest BCUT2D eigenvalue weighted by molar-refractivity contribution is 6.04. The molecule has 0 aromatic heterocycles. The van der Waals surface area contributed by atoms with Gasteiger partial charge in [0.15, 0.2) is 0 Å². The van der Waals surface area contributed by atoms with E-state index in [-0.39, 0.29) is 19.6 Å². The van der Waals surface area contributed by atoms with Crippen molar-refractivity contribution in [3.8, 4) is 0 Å². The van der Waals surface area contributed by atoms with Gasteiger partial charge in [-0.05, 0) is 12.8 Å². The molecule has 2 heterocycles. The third-order valence-corrected chi connectivity index (χ3v) is 3.35. The van der Waals surface area contributed by atoms with Gasteiger partial charge in [-0.2, -0.15) is 0 Å². The fourth-order valence-corrected chi connectivity index (χ4v) is 2.26. The van der Waals surface area contributed by atoms with Gasteiger partial charge in [0, 0.05) is 13.1 Å². The fourth-order valence-electron chi connectivity index (χ4n) is 2.26. The van der Waals surface area contributed by atoms with Gasteiger partial charge < -0.3 is 15.3 Å². The maximum Gasteiger partial charge on any atom is 0.325 e. The Bertz CT molecular complexity index is 420. The highest BCUT2D eigenvalue weighted by Gasteiger charge is 2.34. The molecule has 8 nitrogen and oxygen atoms in total. The minimum atomic E-state index is -0.924. The Balaban J connectivity index is 1.94. The molecule has 104 valence electrons. The average Bonchev–Trinajstić information content (AvgIpc) is 2.70. The summed E-state index contributed by atoms with van der Waals surface area (Å²) in [5.74, 6) is -2.32. The molecule has 8 heteroatoms. The first-order valence-electron chi connectivity index (χ1n) is 6.08. The predicted octanol–water partition coefficient (Wildman–Crippen LogP) is -1.14. The van der Waals surface area contributed by atoms with Crippen LogP contribution in [0.25, 0.3) is 0 Å². The van der Waals surface area contributed by atoms with Crippen molar-refractivity contribution in [1.29, 1.82) is 0 Å². The quantitative estimate of drug-likeness (QED) is 0.630. The molecule has 0 radical (unpaired) electrons. The smallest absolute Gasteiger partial charge is 0.325 e. The summed E-state index contributed by atoms with van der Waals surface area (Å²) in [5, 5.41) is 11.3. The fraction of sp³-hybridized carbons (Fsp3) is 0.636. The number of carboxylic acid groups (broad SMARTS) is 1. The topological polar surface area (TPSA) is 107 Å². The van der Waals surface area contributed by atoms with Crippen LogP contribution in [0.1, 0.15) is 12.8 Å². The number of rotatable bonds is 3. The summed E-state index contributed by atoms with van der Waals surface area (Å²) in [5.41, 5.74) is 0. The summed E-state index contributed by atoms with van der Waals surface area (Å²) in [6.45, 7) is 0.185. The molecular formula is C11H15N3O5. The molecule has 4 amide bonds. The first-order valence-corrected chi connectivity index (χ1v) is 6.08. The number of hydrogen-bond acceptors (Lipinski definition) is 4. The van der Waals surface area contributed by atoms with Crippen molar-refractivity contribution in [2.45, 2.75) is 12.8 Å². The summed E-state index contributed by atoms with van der Waals surface area (Å²) >= 11 is 0. The van der Waals surface area contributed by atoms with Gasteiger partial charge in [0.1, 0.15) is 6.54 Å². The highest BCUT2D eigenvalue weighted by Crippen LogP contribution is 2.17. The maximum absolute atomic E-state index is 12.0. The Hall–Kier alpha value is -2.12. The molecule has 0 saturated carbocycles. The number of hydrogen-bond donors (Lipinski definition) is 2. The normalized spacial score (nSPS) is 23.5. The van der Waals surface area contributed by atoms with Gasteiger partial charge in [-0.3, -0.25) is 19.3 Å². The van der Waals surface area contributed by atoms with Crippen LogP contribution in [0.2, 0.25) is 0 Å². The Kier molecular flexibility index (Phi) is 3.68. The van der Waals surface area contributed by atoms with Gasteiger partial charge in [-0.25, -0.2) is 4.79 Å². The molecule has 0 bridgehead atoms. The van der Waals surface area contributed by atoms with E-state index in [0.29, 0.717) is 19.4 Å². The summed E-state index contributed by atoms with van der Waals surface area (Å²) in [6.07, 6.45) is 1.16. The Morgan fingerprint density at radius 1 is 1.37 bits per heavy atom. The number of carbonyl (C=O) groups excluding carboxylic acids is 3. The second kappa shape index (κ2) is 5.25. The van der Waals surface area contributed by atoms with Gasteiger partial charge in [0.05, 0.1) is 12.5 Å². The Morgan fingerprint density at radius 2 is 2.11 bits per heavy atom. The molecule has 1 atom stereocenters. The standard InChI is InChI=1S/C11H15N3O5/c15-8-4-12-11(19)14(8)6-9(16)13-3-1-2-7(5-13)10(17)18/h7H,1-6H2,(H,12,19)(H,17,18)/t7-/m0/s1. The summed E-state index contributed by atoms with van der Waals surface area (Å²) in [7, 11) is 0. The molecular weight excluding hydrogens is 254 g/mol. The highest BCUT2D eigenvalue weighted by atomic mass is 16.4. The lowest BCUT2D eigenvalue weighted by Crippen LogP contribution is -2.47. The van der Waals surface area contributed by atoms with Crippen LogP contribution in [0, 0.1) is 5.92 Å². The third-order valence-electron chi connectivity index (χ3n) is 3.35. The molecule has 0 unspecified atom stereocenters. The molecule has 2 aliphatic heterocycles. The lowest BCUT2D eigenvalue weighted by molar-refractivity contribution is -0.146. The summed E-state index contributed by atoms with van der Waals surface area (Å²) in [6, 6.07) is -0.579. The summed E-state index contributed by atoms with van der Waals surface area (Å²) in [4.78, 5) is 47.8. The molecule has 19 heavy (non-hydrogen) atoms. The van der Waals surface area contributed by atoms with Crippen molar-refractivity contribution in [3.05, 3.63) is 0 Å². The number of imide groups is 1. The van der Waals surface area contributed by atoms with E-state index >= 15 is 0 Å². The van der Waals surface area contributed by atoms with Crippen molar-refractivity contribution in [3.63, 3.8) is 0 Å². The van der Waals surface area contributed by atoms with Crippen LogP contribution in [0.3, 0.4) is 0 Å². The lowest BCUT2D eigenvalue weighted by Gasteiger charge is -2.31. The zero-order valence-electron chi connectivity index (χ0n) is 10.3. The van der Waals surface area contributed by atoms with Crippen molar-refractivity contribution in [1.82, 2.24) is 15.1 Å². The number of carbonyl (C=O) groups is 4. The van der Waals surface area contributed by atoms with E-state index in [2.05, 4.69) is 5.32 Å². The zero-order valence-corrected chi connectivity index (χ0v) is 10.3. The van der Waals surface area contributed by atoms with Crippen LogP contribution < -0.4 is 5.32 Å². The van der Waals surface area contributed by atoms with E-state index in [1.54, 1.807) is 0 Å². The summed E-state index contributed by atoms with van der Waals surface area (Å²) < 4.78 is 0. The minimum Gasteiger partial charge on any atom is -0.481 e. The average molecular weight is 269 g/mol. The number of likely N-dealkylation sites (tertiary alicyclic amines) is 1. The van der Waals surface area contributed by atoms with Gasteiger partial charge in [0.25, 0.3) is 5.91 Å². The molecule has 2 N–H and O–H groups in total. The number of aliphatic carboxylic acids is 1. The van der Waals surface area contributed by atoms with Crippen molar-refractivity contribution >= 4 is 23.8 Å². The van der Waals surface area contributed by atoms with Gasteiger partial charge in [-0.15, -0.1) is 0 Å². The molecule has 2 saturated heterocycles. The molecule has 2 rings (SSSR count). The van der Waals surface area contributed by atoms with E-state index in [1.165, 1.54) is 4.90 Å². The number of amides is 4. The van der Waals surface area contributed by atoms with E-state index in [1.807, 2.05) is 0 Å². The first kappa shape index (κ1) is 13.3. The molecule has 2 aliphatic rings. The minimum absolute atomic E-state index is 0.0934. The van der Waals surface area contributed by atoms with Gasteiger partial charge in [-0.1, -0.05) is 0 Å². The van der Waals surface area contributed by atoms with Crippen LogP contribution in [0.4, 0.5) is 4.79 Å². The second-order valence-electron chi connectivity index (χ2n) is 4.66. The third kappa shape index (κ3) is 2.83. The largest absolute Gasteiger partial charge is 0.481 e. The van der Waals surface area contributed by atoms with E-state index in [4.69, 9.17) is 5.11 Å². The van der Waals surface area contributed by atoms with Crippen LogP contribution in [0.15, 0.2) is 0 Å². The second-order valence-corrected chi connectivity index (χ2v) is 4.66. The number of nitrogens with one attached hydrogen (secondary N) is 1. The molecule has 2 fully saturated rings. The van der Waals surface area contributed by atoms with Crippen molar-refractivity contribution in [2.24, 2.45) is 5.92 Å². The predicted molar refractivity (Wildman–Crippen MR) is 62.1 cm³/mol. The molecule has 0 spiro atoms. The number of piperidine rings is 1. The SMILES string of the molecule is O=C(O)[C@H]1CCCN(C(=O)CN2C(=O)CNC2=O)C1. The number of carboxylic acids is 1. The van der Waals surface area contributed by atoms with Crippen molar-refractivity contribution in [2.75, 3.05) is 26.2 Å². The Labute approximate surface area is 109 Å². The van der Waals surface area contributed by atoms with E-state index in [0.717, 1.165) is 4.90 Å². The number of urea groups is 1. The molecule has 0 aliphatic carbocycles. The van der Waals surface area contributed by atoms with Crippen molar-refractivity contribution < 1.29 is 24.3 Å². The van der Waals surface area contributed by atoms with E-state index < -0.39 is 29.7 Å². The van der Waals surface area contributed by atoms with Crippen LogP contribution >= 0.6 is 0 Å². The maximum atomic E-state index is 12.0.